The van der Waals surface area contributed by atoms with Gasteiger partial charge in [-0.15, -0.1) is 0 Å². The highest BCUT2D eigenvalue weighted by atomic mass is 35.5. The standard InChI is InChI=1S/C30H30ClF2N/c31-30-27(10-4-11-28(30)33)26-9-3-7-23-6-1-2-8-25(23)29(26)24-14-12-21(13-15-24)18-22-19-34(20-22)17-5-16-32/h1-2,4,6,8,10-15,22H,3,5,7,9,16-20H2. The van der Waals surface area contributed by atoms with Crippen molar-refractivity contribution in [3.63, 3.8) is 0 Å². The summed E-state index contributed by atoms with van der Waals surface area (Å²) in [6.45, 7) is 2.75. The third kappa shape index (κ3) is 4.82. The average Bonchev–Trinajstić information content (AvgIpc) is 3.02. The Kier molecular flexibility index (Phi) is 7.12. The largest absolute Gasteiger partial charge is 0.303 e. The zero-order valence-electron chi connectivity index (χ0n) is 19.4. The van der Waals surface area contributed by atoms with Gasteiger partial charge in [-0.25, -0.2) is 4.39 Å². The Labute approximate surface area is 206 Å². The van der Waals surface area contributed by atoms with Crippen LogP contribution in [0.15, 0.2) is 66.7 Å². The maximum Gasteiger partial charge on any atom is 0.142 e. The number of hydrogen-bond acceptors (Lipinski definition) is 1. The molecule has 34 heavy (non-hydrogen) atoms. The van der Waals surface area contributed by atoms with Crippen LogP contribution < -0.4 is 0 Å². The van der Waals surface area contributed by atoms with Gasteiger partial charge in [-0.1, -0.05) is 72.3 Å². The predicted molar refractivity (Wildman–Crippen MR) is 137 cm³/mol. The van der Waals surface area contributed by atoms with Gasteiger partial charge in [0.05, 0.1) is 11.7 Å². The van der Waals surface area contributed by atoms with Gasteiger partial charge in [0.15, 0.2) is 0 Å². The summed E-state index contributed by atoms with van der Waals surface area (Å²) < 4.78 is 26.8. The second-order valence-electron chi connectivity index (χ2n) is 9.53. The molecule has 0 aromatic heterocycles. The molecule has 1 nitrogen and oxygen atoms in total. The molecular weight excluding hydrogens is 448 g/mol. The summed E-state index contributed by atoms with van der Waals surface area (Å²) in [4.78, 5) is 2.33. The topological polar surface area (TPSA) is 3.24 Å². The van der Waals surface area contributed by atoms with E-state index < -0.39 is 0 Å². The zero-order valence-corrected chi connectivity index (χ0v) is 20.1. The fourth-order valence-electron chi connectivity index (χ4n) is 5.47. The lowest BCUT2D eigenvalue weighted by atomic mass is 9.86. The Hall–Kier alpha value is -2.49. The van der Waals surface area contributed by atoms with Crippen molar-refractivity contribution in [3.05, 3.63) is 105 Å². The first kappa shape index (κ1) is 23.3. The molecule has 1 aliphatic carbocycles. The minimum Gasteiger partial charge on any atom is -0.303 e. The van der Waals surface area contributed by atoms with Gasteiger partial charge in [0.1, 0.15) is 5.82 Å². The van der Waals surface area contributed by atoms with Crippen LogP contribution in [0.5, 0.6) is 0 Å². The van der Waals surface area contributed by atoms with E-state index in [0.717, 1.165) is 67.6 Å². The lowest BCUT2D eigenvalue weighted by Crippen LogP contribution is -2.47. The molecule has 0 radical (unpaired) electrons. The summed E-state index contributed by atoms with van der Waals surface area (Å²) in [6.07, 6.45) is 4.53. The molecule has 0 atom stereocenters. The molecule has 3 aromatic rings. The van der Waals surface area contributed by atoms with Crippen molar-refractivity contribution < 1.29 is 8.78 Å². The summed E-state index contributed by atoms with van der Waals surface area (Å²) >= 11 is 6.47. The predicted octanol–water partition coefficient (Wildman–Crippen LogP) is 7.61. The molecule has 2 aliphatic rings. The van der Waals surface area contributed by atoms with Crippen molar-refractivity contribution in [2.24, 2.45) is 5.92 Å². The number of nitrogens with zero attached hydrogens (tertiary/aromatic N) is 1. The average molecular weight is 478 g/mol. The molecule has 1 saturated heterocycles. The Morgan fingerprint density at radius 2 is 1.65 bits per heavy atom. The van der Waals surface area contributed by atoms with Gasteiger partial charge in [-0.05, 0) is 83.1 Å². The molecule has 3 aromatic carbocycles. The van der Waals surface area contributed by atoms with Gasteiger partial charge < -0.3 is 4.90 Å². The Morgan fingerprint density at radius 1 is 0.882 bits per heavy atom. The zero-order chi connectivity index (χ0) is 23.5. The van der Waals surface area contributed by atoms with Crippen LogP contribution in [0.25, 0.3) is 11.1 Å². The molecule has 1 aliphatic heterocycles. The number of rotatable bonds is 7. The summed E-state index contributed by atoms with van der Waals surface area (Å²) in [5.41, 5.74) is 8.08. The smallest absolute Gasteiger partial charge is 0.142 e. The van der Waals surface area contributed by atoms with E-state index in [1.54, 1.807) is 6.07 Å². The molecule has 0 bridgehead atoms. The first-order valence-electron chi connectivity index (χ1n) is 12.3. The fraction of sp³-hybridized carbons (Fsp3) is 0.333. The van der Waals surface area contributed by atoms with Crippen LogP contribution in [0.3, 0.4) is 0 Å². The second kappa shape index (κ2) is 10.4. The van der Waals surface area contributed by atoms with Crippen LogP contribution >= 0.6 is 11.6 Å². The highest BCUT2D eigenvalue weighted by Crippen LogP contribution is 2.42. The summed E-state index contributed by atoms with van der Waals surface area (Å²) in [6, 6.07) is 22.5. The van der Waals surface area contributed by atoms with E-state index >= 15 is 0 Å². The van der Waals surface area contributed by atoms with Crippen molar-refractivity contribution in [1.82, 2.24) is 4.90 Å². The minimum atomic E-state index is -0.375. The number of alkyl halides is 1. The molecule has 0 unspecified atom stereocenters. The van der Waals surface area contributed by atoms with Crippen molar-refractivity contribution >= 4 is 22.7 Å². The third-order valence-corrected chi connectivity index (χ3v) is 7.53. The normalized spacial score (nSPS) is 16.8. The lowest BCUT2D eigenvalue weighted by Gasteiger charge is -2.39. The van der Waals surface area contributed by atoms with Crippen molar-refractivity contribution in [2.45, 2.75) is 32.1 Å². The summed E-state index contributed by atoms with van der Waals surface area (Å²) in [5.74, 6) is 0.268. The number of aryl methyl sites for hydroxylation is 1. The molecule has 5 rings (SSSR count). The molecule has 0 amide bonds. The molecular formula is C30H30ClF2N. The number of likely N-dealkylation sites (tertiary alicyclic amines) is 1. The van der Waals surface area contributed by atoms with Gasteiger partial charge in [-0.3, -0.25) is 4.39 Å². The molecule has 1 fully saturated rings. The number of fused-ring (bicyclic) bond motifs is 1. The van der Waals surface area contributed by atoms with Gasteiger partial charge >= 0.3 is 0 Å². The fourth-order valence-corrected chi connectivity index (χ4v) is 5.71. The Balaban J connectivity index is 1.47. The Morgan fingerprint density at radius 3 is 2.44 bits per heavy atom. The highest BCUT2D eigenvalue weighted by molar-refractivity contribution is 6.33. The molecule has 0 spiro atoms. The molecule has 0 N–H and O–H groups in total. The monoisotopic (exact) mass is 477 g/mol. The summed E-state index contributed by atoms with van der Waals surface area (Å²) in [5, 5.41) is 0.202. The van der Waals surface area contributed by atoms with Gasteiger partial charge in [0.2, 0.25) is 0 Å². The maximum absolute atomic E-state index is 14.4. The first-order chi connectivity index (χ1) is 16.6. The van der Waals surface area contributed by atoms with E-state index in [2.05, 4.69) is 53.4 Å². The Bertz CT molecular complexity index is 1180. The number of hydrogen-bond donors (Lipinski definition) is 0. The van der Waals surface area contributed by atoms with Gasteiger partial charge in [-0.2, -0.15) is 0 Å². The van der Waals surface area contributed by atoms with Crippen LogP contribution in [0, 0.1) is 11.7 Å². The quantitative estimate of drug-likeness (QED) is 0.338. The number of halogens is 3. The van der Waals surface area contributed by atoms with Crippen LogP contribution in [0.1, 0.15) is 47.1 Å². The van der Waals surface area contributed by atoms with Crippen LogP contribution in [0.4, 0.5) is 8.78 Å². The van der Waals surface area contributed by atoms with Crippen molar-refractivity contribution in [3.8, 4) is 0 Å². The van der Waals surface area contributed by atoms with Gasteiger partial charge in [0.25, 0.3) is 0 Å². The van der Waals surface area contributed by atoms with E-state index in [9.17, 15) is 8.78 Å². The second-order valence-corrected chi connectivity index (χ2v) is 9.91. The van der Waals surface area contributed by atoms with Crippen LogP contribution in [0.2, 0.25) is 5.02 Å². The third-order valence-electron chi connectivity index (χ3n) is 7.15. The highest BCUT2D eigenvalue weighted by Gasteiger charge is 2.26. The van der Waals surface area contributed by atoms with E-state index in [-0.39, 0.29) is 17.5 Å². The molecule has 0 saturated carbocycles. The first-order valence-corrected chi connectivity index (χ1v) is 12.7. The van der Waals surface area contributed by atoms with Crippen LogP contribution in [-0.2, 0) is 12.8 Å². The lowest BCUT2D eigenvalue weighted by molar-refractivity contribution is 0.0968. The van der Waals surface area contributed by atoms with E-state index in [1.807, 2.05) is 6.07 Å². The van der Waals surface area contributed by atoms with Crippen molar-refractivity contribution in [1.29, 1.82) is 0 Å². The summed E-state index contributed by atoms with van der Waals surface area (Å²) in [7, 11) is 0. The van der Waals surface area contributed by atoms with Crippen LogP contribution in [-0.4, -0.2) is 31.2 Å². The van der Waals surface area contributed by atoms with Gasteiger partial charge in [0, 0.05) is 19.6 Å². The van der Waals surface area contributed by atoms with E-state index in [4.69, 9.17) is 11.6 Å². The van der Waals surface area contributed by atoms with Crippen molar-refractivity contribution in [2.75, 3.05) is 26.3 Å². The maximum atomic E-state index is 14.4. The van der Waals surface area contributed by atoms with E-state index in [1.165, 1.54) is 22.8 Å². The molecule has 4 heteroatoms. The van der Waals surface area contributed by atoms with E-state index in [0.29, 0.717) is 12.3 Å². The molecule has 1 heterocycles. The molecule has 176 valence electrons. The number of allylic oxidation sites excluding steroid dienone is 1. The SMILES string of the molecule is FCCCN1CC(Cc2ccc(C3=C(c4cccc(F)c4Cl)CCCc4ccccc43)cc2)C1. The minimum absolute atomic E-state index is 0.202. The number of benzene rings is 3.